The topological polar surface area (TPSA) is 32.3 Å². The predicted molar refractivity (Wildman–Crippen MR) is 68.9 cm³/mol. The van der Waals surface area contributed by atoms with E-state index in [2.05, 4.69) is 31.3 Å². The summed E-state index contributed by atoms with van der Waals surface area (Å²) in [6, 6.07) is 8.49. The van der Waals surface area contributed by atoms with E-state index in [-0.39, 0.29) is 5.91 Å². The molecule has 0 radical (unpaired) electrons. The van der Waals surface area contributed by atoms with Gasteiger partial charge in [0.15, 0.2) is 0 Å². The van der Waals surface area contributed by atoms with Crippen molar-refractivity contribution in [2.45, 2.75) is 26.3 Å². The molecule has 1 heterocycles. The molecule has 1 aliphatic rings. The average Bonchev–Trinajstić information content (AvgIpc) is 2.29. The van der Waals surface area contributed by atoms with E-state index in [0.29, 0.717) is 12.5 Å². The zero-order chi connectivity index (χ0) is 12.3. The normalized spacial score (nSPS) is 20.4. The summed E-state index contributed by atoms with van der Waals surface area (Å²) < 4.78 is 0. The van der Waals surface area contributed by atoms with Gasteiger partial charge in [-0.2, -0.15) is 0 Å². The molecule has 1 fully saturated rings. The summed E-state index contributed by atoms with van der Waals surface area (Å²) in [7, 11) is 0. The van der Waals surface area contributed by atoms with Gasteiger partial charge in [-0.05, 0) is 19.4 Å². The number of carbonyl (C=O) groups is 1. The molecule has 17 heavy (non-hydrogen) atoms. The highest BCUT2D eigenvalue weighted by molar-refractivity contribution is 5.79. The van der Waals surface area contributed by atoms with Gasteiger partial charge in [-0.1, -0.05) is 29.8 Å². The molecule has 3 nitrogen and oxygen atoms in total. The lowest BCUT2D eigenvalue weighted by atomic mass is 10.1. The van der Waals surface area contributed by atoms with Crippen molar-refractivity contribution in [2.75, 3.05) is 19.6 Å². The second-order valence-corrected chi connectivity index (χ2v) is 4.81. The summed E-state index contributed by atoms with van der Waals surface area (Å²) in [5, 5.41) is 3.30. The third-order valence-corrected chi connectivity index (χ3v) is 3.26. The van der Waals surface area contributed by atoms with Crippen LogP contribution in [0.5, 0.6) is 0 Å². The summed E-state index contributed by atoms with van der Waals surface area (Å²) in [5.74, 6) is 0.240. The molecule has 0 saturated carbocycles. The number of piperazine rings is 1. The van der Waals surface area contributed by atoms with Gasteiger partial charge in [0, 0.05) is 25.7 Å². The van der Waals surface area contributed by atoms with Gasteiger partial charge in [-0.3, -0.25) is 4.79 Å². The second-order valence-electron chi connectivity index (χ2n) is 4.81. The first kappa shape index (κ1) is 12.1. The maximum atomic E-state index is 12.2. The van der Waals surface area contributed by atoms with Gasteiger partial charge in [0.1, 0.15) is 0 Å². The van der Waals surface area contributed by atoms with Gasteiger partial charge >= 0.3 is 0 Å². The van der Waals surface area contributed by atoms with Crippen LogP contribution >= 0.6 is 0 Å². The maximum Gasteiger partial charge on any atom is 0.227 e. The summed E-state index contributed by atoms with van der Waals surface area (Å²) in [6.07, 6.45) is 0.520. The van der Waals surface area contributed by atoms with Crippen LogP contribution in [0.4, 0.5) is 0 Å². The van der Waals surface area contributed by atoms with Crippen molar-refractivity contribution < 1.29 is 4.79 Å². The van der Waals surface area contributed by atoms with Crippen LogP contribution in [0.3, 0.4) is 0 Å². The minimum atomic E-state index is 0.240. The third kappa shape index (κ3) is 3.07. The summed E-state index contributed by atoms with van der Waals surface area (Å²) in [6.45, 7) is 6.79. The Morgan fingerprint density at radius 2 is 2.35 bits per heavy atom. The number of carbonyl (C=O) groups excluding carboxylic acids is 1. The van der Waals surface area contributed by atoms with E-state index in [0.717, 1.165) is 25.2 Å². The van der Waals surface area contributed by atoms with Crippen molar-refractivity contribution >= 4 is 5.91 Å². The fourth-order valence-corrected chi connectivity index (χ4v) is 2.31. The van der Waals surface area contributed by atoms with E-state index in [9.17, 15) is 4.79 Å². The Hall–Kier alpha value is -1.35. The second kappa shape index (κ2) is 5.32. The molecule has 0 aliphatic carbocycles. The number of nitrogens with zero attached hydrogens (tertiary/aromatic N) is 1. The zero-order valence-corrected chi connectivity index (χ0v) is 10.6. The molecule has 1 aliphatic heterocycles. The van der Waals surface area contributed by atoms with Crippen LogP contribution in [-0.2, 0) is 11.2 Å². The predicted octanol–water partition coefficient (Wildman–Crippen LogP) is 1.36. The first-order valence-electron chi connectivity index (χ1n) is 6.22. The van der Waals surface area contributed by atoms with Crippen molar-refractivity contribution in [3.8, 4) is 0 Å². The van der Waals surface area contributed by atoms with Crippen molar-refractivity contribution in [1.82, 2.24) is 10.2 Å². The van der Waals surface area contributed by atoms with Gasteiger partial charge < -0.3 is 10.2 Å². The number of benzene rings is 1. The largest absolute Gasteiger partial charge is 0.337 e. The lowest BCUT2D eigenvalue weighted by Crippen LogP contribution is -2.52. The molecule has 1 atom stereocenters. The summed E-state index contributed by atoms with van der Waals surface area (Å²) >= 11 is 0. The Morgan fingerprint density at radius 3 is 3.06 bits per heavy atom. The van der Waals surface area contributed by atoms with Crippen LogP contribution in [0.15, 0.2) is 24.3 Å². The Kier molecular flexibility index (Phi) is 3.79. The van der Waals surface area contributed by atoms with E-state index < -0.39 is 0 Å². The molecule has 1 N–H and O–H groups in total. The molecule has 0 aromatic heterocycles. The fraction of sp³-hybridized carbons (Fsp3) is 0.500. The van der Waals surface area contributed by atoms with E-state index in [4.69, 9.17) is 0 Å². The van der Waals surface area contributed by atoms with Crippen molar-refractivity contribution in [3.05, 3.63) is 35.4 Å². The van der Waals surface area contributed by atoms with Crippen LogP contribution in [-0.4, -0.2) is 36.5 Å². The van der Waals surface area contributed by atoms with Gasteiger partial charge in [-0.25, -0.2) is 0 Å². The smallest absolute Gasteiger partial charge is 0.227 e. The lowest BCUT2D eigenvalue weighted by Gasteiger charge is -2.34. The maximum absolute atomic E-state index is 12.2. The average molecular weight is 232 g/mol. The molecule has 0 spiro atoms. The monoisotopic (exact) mass is 232 g/mol. The molecule has 3 heteroatoms. The first-order chi connectivity index (χ1) is 8.16. The number of hydrogen-bond acceptors (Lipinski definition) is 2. The Balaban J connectivity index is 2.01. The number of hydrogen-bond donors (Lipinski definition) is 1. The number of amides is 1. The zero-order valence-electron chi connectivity index (χ0n) is 10.6. The number of nitrogens with one attached hydrogen (secondary N) is 1. The van der Waals surface area contributed by atoms with Crippen LogP contribution in [0.25, 0.3) is 0 Å². The third-order valence-electron chi connectivity index (χ3n) is 3.26. The highest BCUT2D eigenvalue weighted by Gasteiger charge is 2.22. The van der Waals surface area contributed by atoms with Crippen molar-refractivity contribution in [2.24, 2.45) is 0 Å². The van der Waals surface area contributed by atoms with Crippen LogP contribution in [0.2, 0.25) is 0 Å². The standard InChI is InChI=1S/C14H20N2O/c1-11-4-3-5-13(8-11)9-14(17)16-7-6-15-10-12(16)2/h3-5,8,12,15H,6-7,9-10H2,1-2H3/t12-/m0/s1. The molecular formula is C14H20N2O. The van der Waals surface area contributed by atoms with Crippen LogP contribution in [0.1, 0.15) is 18.1 Å². The first-order valence-corrected chi connectivity index (χ1v) is 6.22. The van der Waals surface area contributed by atoms with Crippen LogP contribution in [0, 0.1) is 6.92 Å². The van der Waals surface area contributed by atoms with Gasteiger partial charge in [-0.15, -0.1) is 0 Å². The molecule has 1 amide bonds. The quantitative estimate of drug-likeness (QED) is 0.835. The fourth-order valence-electron chi connectivity index (χ4n) is 2.31. The minimum absolute atomic E-state index is 0.240. The van der Waals surface area contributed by atoms with Crippen molar-refractivity contribution in [1.29, 1.82) is 0 Å². The summed E-state index contributed by atoms with van der Waals surface area (Å²) in [5.41, 5.74) is 2.32. The van der Waals surface area contributed by atoms with Gasteiger partial charge in [0.2, 0.25) is 5.91 Å². The summed E-state index contributed by atoms with van der Waals surface area (Å²) in [4.78, 5) is 14.2. The molecular weight excluding hydrogens is 212 g/mol. The highest BCUT2D eigenvalue weighted by atomic mass is 16.2. The molecule has 92 valence electrons. The Bertz CT molecular complexity index is 403. The number of aryl methyl sites for hydroxylation is 1. The lowest BCUT2D eigenvalue weighted by molar-refractivity contribution is -0.133. The SMILES string of the molecule is Cc1cccc(CC(=O)N2CCNC[C@@H]2C)c1. The molecule has 0 unspecified atom stereocenters. The number of rotatable bonds is 2. The van der Waals surface area contributed by atoms with E-state index >= 15 is 0 Å². The highest BCUT2D eigenvalue weighted by Crippen LogP contribution is 2.09. The van der Waals surface area contributed by atoms with E-state index in [1.54, 1.807) is 0 Å². The molecule has 1 saturated heterocycles. The van der Waals surface area contributed by atoms with Gasteiger partial charge in [0.05, 0.1) is 6.42 Å². The van der Waals surface area contributed by atoms with Gasteiger partial charge in [0.25, 0.3) is 0 Å². The molecule has 1 aromatic carbocycles. The van der Waals surface area contributed by atoms with E-state index in [1.165, 1.54) is 5.56 Å². The van der Waals surface area contributed by atoms with E-state index in [1.807, 2.05) is 17.0 Å². The molecule has 0 bridgehead atoms. The van der Waals surface area contributed by atoms with Crippen LogP contribution < -0.4 is 5.32 Å². The Labute approximate surface area is 103 Å². The minimum Gasteiger partial charge on any atom is -0.337 e. The van der Waals surface area contributed by atoms with Crippen molar-refractivity contribution in [3.63, 3.8) is 0 Å². The Morgan fingerprint density at radius 1 is 1.53 bits per heavy atom. The molecule has 2 rings (SSSR count). The molecule has 1 aromatic rings.